The maximum absolute atomic E-state index is 13.0. The Bertz CT molecular complexity index is 536. The summed E-state index contributed by atoms with van der Waals surface area (Å²) in [5.74, 6) is -0.287. The number of nitrogens with two attached hydrogens (primary N) is 1. The quantitative estimate of drug-likeness (QED) is 0.832. The molecule has 1 aromatic heterocycles. The molecule has 0 fully saturated rings. The Balaban J connectivity index is 2.23. The molecule has 2 nitrogen and oxygen atoms in total. The van der Waals surface area contributed by atoms with Gasteiger partial charge in [0.15, 0.2) is 0 Å². The summed E-state index contributed by atoms with van der Waals surface area (Å²) < 4.78 is 13.0. The lowest BCUT2D eigenvalue weighted by Crippen LogP contribution is -2.19. The second-order valence-electron chi connectivity index (χ2n) is 4.36. The minimum atomic E-state index is -0.287. The smallest absolute Gasteiger partial charge is 0.125 e. The van der Waals surface area contributed by atoms with Gasteiger partial charge in [0.25, 0.3) is 0 Å². The summed E-state index contributed by atoms with van der Waals surface area (Å²) in [6.07, 6.45) is 0.768. The van der Waals surface area contributed by atoms with Crippen molar-refractivity contribution in [2.24, 2.45) is 0 Å². The van der Waals surface area contributed by atoms with E-state index in [1.165, 1.54) is 22.6 Å². The number of nitrogen functional groups attached to an aromatic ring is 1. The van der Waals surface area contributed by atoms with Crippen molar-refractivity contribution < 1.29 is 4.39 Å². The summed E-state index contributed by atoms with van der Waals surface area (Å²) in [4.78, 5) is 1.31. The Kier molecular flexibility index (Phi) is 3.99. The SMILES string of the molecule is CNC(Cc1ccc(F)cc1N)c1sccc1C. The third-order valence-corrected chi connectivity index (χ3v) is 4.23. The largest absolute Gasteiger partial charge is 0.398 e. The van der Waals surface area contributed by atoms with Crippen LogP contribution in [-0.4, -0.2) is 7.05 Å². The van der Waals surface area contributed by atoms with Crippen molar-refractivity contribution >= 4 is 17.0 Å². The van der Waals surface area contributed by atoms with E-state index in [-0.39, 0.29) is 11.9 Å². The van der Waals surface area contributed by atoms with Crippen LogP contribution in [0.3, 0.4) is 0 Å². The predicted molar refractivity (Wildman–Crippen MR) is 75.4 cm³/mol. The third kappa shape index (κ3) is 2.71. The minimum absolute atomic E-state index is 0.220. The van der Waals surface area contributed by atoms with Crippen molar-refractivity contribution in [1.29, 1.82) is 0 Å². The molecule has 1 unspecified atom stereocenters. The Labute approximate surface area is 111 Å². The lowest BCUT2D eigenvalue weighted by Gasteiger charge is -2.17. The number of likely N-dealkylation sites (N-methyl/N-ethyl adjacent to an activating group) is 1. The highest BCUT2D eigenvalue weighted by Crippen LogP contribution is 2.28. The highest BCUT2D eigenvalue weighted by atomic mass is 32.1. The molecule has 18 heavy (non-hydrogen) atoms. The topological polar surface area (TPSA) is 38.0 Å². The van der Waals surface area contributed by atoms with Gasteiger partial charge in [-0.15, -0.1) is 11.3 Å². The van der Waals surface area contributed by atoms with Gasteiger partial charge in [-0.1, -0.05) is 6.07 Å². The molecule has 3 N–H and O–H groups in total. The second-order valence-corrected chi connectivity index (χ2v) is 5.30. The van der Waals surface area contributed by atoms with Gasteiger partial charge in [-0.25, -0.2) is 4.39 Å². The van der Waals surface area contributed by atoms with E-state index in [0.29, 0.717) is 5.69 Å². The normalized spacial score (nSPS) is 12.6. The first-order chi connectivity index (χ1) is 8.61. The van der Waals surface area contributed by atoms with Crippen molar-refractivity contribution in [2.45, 2.75) is 19.4 Å². The van der Waals surface area contributed by atoms with Crippen LogP contribution >= 0.6 is 11.3 Å². The molecule has 2 aromatic rings. The van der Waals surface area contributed by atoms with Crippen LogP contribution in [0.2, 0.25) is 0 Å². The number of rotatable bonds is 4. The number of aryl methyl sites for hydroxylation is 1. The van der Waals surface area contributed by atoms with Crippen LogP contribution in [0.4, 0.5) is 10.1 Å². The van der Waals surface area contributed by atoms with Crippen molar-refractivity contribution in [1.82, 2.24) is 5.32 Å². The lowest BCUT2D eigenvalue weighted by atomic mass is 10.0. The van der Waals surface area contributed by atoms with E-state index in [4.69, 9.17) is 5.73 Å². The fraction of sp³-hybridized carbons (Fsp3) is 0.286. The molecule has 1 heterocycles. The Morgan fingerprint density at radius 2 is 2.17 bits per heavy atom. The molecule has 0 radical (unpaired) electrons. The molecule has 2 rings (SSSR count). The van der Waals surface area contributed by atoms with Gasteiger partial charge in [-0.3, -0.25) is 0 Å². The minimum Gasteiger partial charge on any atom is -0.398 e. The van der Waals surface area contributed by atoms with Crippen LogP contribution in [0.5, 0.6) is 0 Å². The number of benzene rings is 1. The van der Waals surface area contributed by atoms with E-state index in [0.717, 1.165) is 12.0 Å². The fourth-order valence-electron chi connectivity index (χ4n) is 2.04. The van der Waals surface area contributed by atoms with E-state index < -0.39 is 0 Å². The van der Waals surface area contributed by atoms with Gasteiger partial charge in [0, 0.05) is 16.6 Å². The van der Waals surface area contributed by atoms with E-state index in [2.05, 4.69) is 23.7 Å². The molecule has 0 saturated heterocycles. The first-order valence-electron chi connectivity index (χ1n) is 5.87. The number of nitrogens with one attached hydrogen (secondary N) is 1. The molecule has 0 aliphatic rings. The van der Waals surface area contributed by atoms with Crippen LogP contribution in [0.15, 0.2) is 29.6 Å². The van der Waals surface area contributed by atoms with Crippen LogP contribution in [0.25, 0.3) is 0 Å². The summed E-state index contributed by atoms with van der Waals surface area (Å²) in [5.41, 5.74) is 8.62. The van der Waals surface area contributed by atoms with Gasteiger partial charge in [0.2, 0.25) is 0 Å². The zero-order valence-corrected chi connectivity index (χ0v) is 11.4. The number of thiophene rings is 1. The number of anilines is 1. The van der Waals surface area contributed by atoms with Gasteiger partial charge < -0.3 is 11.1 Å². The van der Waals surface area contributed by atoms with Crippen LogP contribution in [0.1, 0.15) is 22.0 Å². The van der Waals surface area contributed by atoms with Gasteiger partial charge in [0.05, 0.1) is 0 Å². The molecule has 4 heteroatoms. The summed E-state index contributed by atoms with van der Waals surface area (Å²) in [6.45, 7) is 2.10. The fourth-order valence-corrected chi connectivity index (χ4v) is 3.08. The van der Waals surface area contributed by atoms with E-state index in [9.17, 15) is 4.39 Å². The van der Waals surface area contributed by atoms with Crippen LogP contribution in [0, 0.1) is 12.7 Å². The first kappa shape index (κ1) is 13.1. The highest BCUT2D eigenvalue weighted by Gasteiger charge is 2.15. The maximum Gasteiger partial charge on any atom is 0.125 e. The van der Waals surface area contributed by atoms with Gasteiger partial charge in [-0.2, -0.15) is 0 Å². The molecule has 1 aromatic carbocycles. The lowest BCUT2D eigenvalue weighted by molar-refractivity contribution is 0.596. The Morgan fingerprint density at radius 1 is 1.39 bits per heavy atom. The second kappa shape index (κ2) is 5.50. The molecule has 0 aliphatic carbocycles. The zero-order chi connectivity index (χ0) is 13.1. The maximum atomic E-state index is 13.0. The van der Waals surface area contributed by atoms with Gasteiger partial charge in [0.1, 0.15) is 5.82 Å². The summed E-state index contributed by atoms with van der Waals surface area (Å²) in [7, 11) is 1.93. The highest BCUT2D eigenvalue weighted by molar-refractivity contribution is 7.10. The van der Waals surface area contributed by atoms with Crippen LogP contribution in [-0.2, 0) is 6.42 Å². The summed E-state index contributed by atoms with van der Waals surface area (Å²) in [6, 6.07) is 6.93. The standard InChI is InChI=1S/C14H17FN2S/c1-9-5-6-18-14(9)13(17-2)7-10-3-4-11(15)8-12(10)16/h3-6,8,13,17H,7,16H2,1-2H3. The third-order valence-electron chi connectivity index (χ3n) is 3.10. The Hall–Kier alpha value is -1.39. The Morgan fingerprint density at radius 3 is 2.72 bits per heavy atom. The molecule has 1 atom stereocenters. The monoisotopic (exact) mass is 264 g/mol. The van der Waals surface area contributed by atoms with Crippen molar-refractivity contribution in [2.75, 3.05) is 12.8 Å². The molecule has 96 valence electrons. The summed E-state index contributed by atoms with van der Waals surface area (Å²) >= 11 is 1.73. The van der Waals surface area contributed by atoms with Crippen molar-refractivity contribution in [3.05, 3.63) is 51.5 Å². The number of hydrogen-bond donors (Lipinski definition) is 2. The van der Waals surface area contributed by atoms with Crippen LogP contribution < -0.4 is 11.1 Å². The molecular weight excluding hydrogens is 247 g/mol. The molecular formula is C14H17FN2S. The van der Waals surface area contributed by atoms with Gasteiger partial charge in [-0.05, 0) is 55.1 Å². The molecule has 0 amide bonds. The van der Waals surface area contributed by atoms with Gasteiger partial charge >= 0.3 is 0 Å². The average Bonchev–Trinajstić information content (AvgIpc) is 2.75. The molecule has 0 saturated carbocycles. The first-order valence-corrected chi connectivity index (χ1v) is 6.75. The molecule has 0 aliphatic heterocycles. The van der Waals surface area contributed by atoms with E-state index in [1.807, 2.05) is 7.05 Å². The summed E-state index contributed by atoms with van der Waals surface area (Å²) in [5, 5.41) is 5.38. The predicted octanol–water partition coefficient (Wildman–Crippen LogP) is 3.28. The zero-order valence-electron chi connectivity index (χ0n) is 10.5. The average molecular weight is 264 g/mol. The molecule has 0 bridgehead atoms. The van der Waals surface area contributed by atoms with E-state index >= 15 is 0 Å². The molecule has 0 spiro atoms. The van der Waals surface area contributed by atoms with Crippen molar-refractivity contribution in [3.8, 4) is 0 Å². The van der Waals surface area contributed by atoms with Crippen molar-refractivity contribution in [3.63, 3.8) is 0 Å². The van der Waals surface area contributed by atoms with E-state index in [1.54, 1.807) is 17.4 Å². The number of hydrogen-bond acceptors (Lipinski definition) is 3. The number of halogens is 1.